The molecule has 4 aromatic carbocycles. The minimum Gasteiger partial charge on any atom is -0.294 e. The summed E-state index contributed by atoms with van der Waals surface area (Å²) in [5.41, 5.74) is 4.66. The van der Waals surface area contributed by atoms with Crippen molar-refractivity contribution in [2.45, 2.75) is 54.8 Å². The molecule has 36 heavy (non-hydrogen) atoms. The lowest BCUT2D eigenvalue weighted by Gasteiger charge is -2.71. The minimum atomic E-state index is -0.377. The Morgan fingerprint density at radius 3 is 1.06 bits per heavy atom. The predicted molar refractivity (Wildman–Crippen MR) is 145 cm³/mol. The van der Waals surface area contributed by atoms with Crippen LogP contribution in [0.25, 0.3) is 0 Å². The summed E-state index contributed by atoms with van der Waals surface area (Å²) in [6.45, 7) is 0. The van der Waals surface area contributed by atoms with E-state index in [1.165, 1.54) is 16.7 Å². The average Bonchev–Trinajstić information content (AvgIpc) is 2.94. The summed E-state index contributed by atoms with van der Waals surface area (Å²) in [6, 6.07) is 43.5. The molecule has 0 unspecified atom stereocenters. The van der Waals surface area contributed by atoms with Crippen molar-refractivity contribution in [3.05, 3.63) is 144 Å². The Labute approximate surface area is 214 Å². The molecule has 4 saturated carbocycles. The summed E-state index contributed by atoms with van der Waals surface area (Å²) >= 11 is 0. The van der Waals surface area contributed by atoms with E-state index in [2.05, 4.69) is 91.0 Å². The molecule has 0 aromatic heterocycles. The van der Waals surface area contributed by atoms with Gasteiger partial charge in [-0.05, 0) is 71.5 Å². The maximum Gasteiger partial charge on any atom is 0.169 e. The number of ketones is 1. The van der Waals surface area contributed by atoms with Gasteiger partial charge in [-0.25, -0.2) is 0 Å². The van der Waals surface area contributed by atoms with Crippen LogP contribution in [0.1, 0.15) is 65.6 Å². The van der Waals surface area contributed by atoms with E-state index in [1.54, 1.807) is 0 Å². The summed E-state index contributed by atoms with van der Waals surface area (Å²) in [7, 11) is 0. The molecule has 178 valence electrons. The second kappa shape index (κ2) is 7.77. The van der Waals surface area contributed by atoms with E-state index >= 15 is 0 Å². The van der Waals surface area contributed by atoms with Gasteiger partial charge in [0.15, 0.2) is 5.78 Å². The Hall–Kier alpha value is -3.45. The number of hydrogen-bond donors (Lipinski definition) is 0. The van der Waals surface area contributed by atoms with Crippen LogP contribution in [0.4, 0.5) is 0 Å². The number of hydrogen-bond acceptors (Lipinski definition) is 1. The van der Waals surface area contributed by atoms with Crippen molar-refractivity contribution in [2.24, 2.45) is 5.41 Å². The van der Waals surface area contributed by atoms with E-state index in [1.807, 2.05) is 30.3 Å². The highest BCUT2D eigenvalue weighted by atomic mass is 16.1. The van der Waals surface area contributed by atoms with Gasteiger partial charge >= 0.3 is 0 Å². The SMILES string of the molecule is O=C(c1ccccc1)C12CC3(c4ccccc4)CC(c4ccccc4)(C1)CC(c1ccccc1)(C2)C3. The lowest BCUT2D eigenvalue weighted by molar-refractivity contribution is -0.0886. The molecule has 0 heterocycles. The first-order valence-electron chi connectivity index (χ1n) is 13.3. The van der Waals surface area contributed by atoms with E-state index in [0.29, 0.717) is 5.78 Å². The van der Waals surface area contributed by atoms with Crippen LogP contribution >= 0.6 is 0 Å². The lowest BCUT2D eigenvalue weighted by Crippen LogP contribution is -2.67. The Balaban J connectivity index is 1.50. The molecule has 4 aromatic rings. The normalized spacial score (nSPS) is 32.3. The van der Waals surface area contributed by atoms with Gasteiger partial charge in [-0.15, -0.1) is 0 Å². The monoisotopic (exact) mass is 468 g/mol. The van der Waals surface area contributed by atoms with Crippen molar-refractivity contribution in [3.8, 4) is 0 Å². The molecule has 1 heteroatoms. The number of benzene rings is 4. The lowest BCUT2D eigenvalue weighted by atomic mass is 9.32. The van der Waals surface area contributed by atoms with Gasteiger partial charge in [0.05, 0.1) is 0 Å². The van der Waals surface area contributed by atoms with Crippen molar-refractivity contribution >= 4 is 5.78 Å². The van der Waals surface area contributed by atoms with Crippen LogP contribution in [0.5, 0.6) is 0 Å². The van der Waals surface area contributed by atoms with Crippen molar-refractivity contribution in [2.75, 3.05) is 0 Å². The molecule has 1 nitrogen and oxygen atoms in total. The fourth-order valence-electron chi connectivity index (χ4n) is 9.07. The number of carbonyl (C=O) groups excluding carboxylic acids is 1. The predicted octanol–water partition coefficient (Wildman–Crippen LogP) is 8.05. The Morgan fingerprint density at radius 2 is 0.722 bits per heavy atom. The topological polar surface area (TPSA) is 17.1 Å². The van der Waals surface area contributed by atoms with E-state index in [-0.39, 0.29) is 21.7 Å². The molecule has 4 fully saturated rings. The van der Waals surface area contributed by atoms with E-state index in [0.717, 1.165) is 44.1 Å². The largest absolute Gasteiger partial charge is 0.294 e. The van der Waals surface area contributed by atoms with Gasteiger partial charge in [0, 0.05) is 11.0 Å². The van der Waals surface area contributed by atoms with Gasteiger partial charge in [0.25, 0.3) is 0 Å². The Morgan fingerprint density at radius 1 is 0.417 bits per heavy atom. The zero-order valence-electron chi connectivity index (χ0n) is 20.7. The Kier molecular flexibility index (Phi) is 4.71. The highest BCUT2D eigenvalue weighted by Crippen LogP contribution is 2.75. The van der Waals surface area contributed by atoms with Gasteiger partial charge in [-0.2, -0.15) is 0 Å². The van der Waals surface area contributed by atoms with Crippen molar-refractivity contribution in [1.82, 2.24) is 0 Å². The Bertz CT molecular complexity index is 1250. The first-order valence-corrected chi connectivity index (χ1v) is 13.3. The first-order chi connectivity index (χ1) is 17.6. The molecular weight excluding hydrogens is 436 g/mol. The molecule has 0 saturated heterocycles. The third-order valence-electron chi connectivity index (χ3n) is 9.74. The minimum absolute atomic E-state index is 0.0217. The molecule has 0 atom stereocenters. The fraction of sp³-hybridized carbons (Fsp3) is 0.286. The number of carbonyl (C=O) groups is 1. The molecule has 0 amide bonds. The average molecular weight is 469 g/mol. The summed E-state index contributed by atoms with van der Waals surface area (Å²) in [5, 5.41) is 0. The second-order valence-electron chi connectivity index (χ2n) is 12.0. The van der Waals surface area contributed by atoms with Crippen LogP contribution in [0.3, 0.4) is 0 Å². The molecule has 0 spiro atoms. The van der Waals surface area contributed by atoms with Crippen LogP contribution in [0, 0.1) is 5.41 Å². The first kappa shape index (κ1) is 21.8. The summed E-state index contributed by atoms with van der Waals surface area (Å²) in [5.74, 6) is 0.350. The zero-order valence-corrected chi connectivity index (χ0v) is 20.7. The molecule has 4 aliphatic carbocycles. The number of Topliss-reactive ketones (excluding diaryl/α,β-unsaturated/α-hetero) is 1. The number of rotatable bonds is 5. The van der Waals surface area contributed by atoms with Gasteiger partial charge in [-0.1, -0.05) is 121 Å². The molecule has 4 aliphatic rings. The van der Waals surface area contributed by atoms with Gasteiger partial charge in [0.2, 0.25) is 0 Å². The standard InChI is InChI=1S/C35H32O/c36-31(27-13-5-1-6-14-27)35-24-32(28-15-7-2-8-16-28)21-33(25-35,29-17-9-3-10-18-29)23-34(22-32,26-35)30-19-11-4-12-20-30/h1-20H,21-26H2. The zero-order chi connectivity index (χ0) is 24.3. The van der Waals surface area contributed by atoms with Crippen LogP contribution in [-0.4, -0.2) is 5.78 Å². The van der Waals surface area contributed by atoms with Gasteiger partial charge < -0.3 is 0 Å². The highest BCUT2D eigenvalue weighted by Gasteiger charge is 2.70. The van der Waals surface area contributed by atoms with Crippen molar-refractivity contribution < 1.29 is 4.79 Å². The maximum atomic E-state index is 14.6. The second-order valence-corrected chi connectivity index (χ2v) is 12.0. The maximum absolute atomic E-state index is 14.6. The molecule has 0 N–H and O–H groups in total. The van der Waals surface area contributed by atoms with Gasteiger partial charge in [-0.3, -0.25) is 4.79 Å². The van der Waals surface area contributed by atoms with Crippen LogP contribution in [0.15, 0.2) is 121 Å². The summed E-state index contributed by atoms with van der Waals surface area (Å²) < 4.78 is 0. The third kappa shape index (κ3) is 3.11. The third-order valence-corrected chi connectivity index (χ3v) is 9.74. The van der Waals surface area contributed by atoms with E-state index in [4.69, 9.17) is 0 Å². The van der Waals surface area contributed by atoms with Crippen LogP contribution in [0.2, 0.25) is 0 Å². The van der Waals surface area contributed by atoms with E-state index in [9.17, 15) is 4.79 Å². The van der Waals surface area contributed by atoms with Gasteiger partial charge in [0.1, 0.15) is 0 Å². The summed E-state index contributed by atoms with van der Waals surface area (Å²) in [4.78, 5) is 14.6. The fourth-order valence-corrected chi connectivity index (χ4v) is 9.07. The quantitative estimate of drug-likeness (QED) is 0.271. The molecule has 0 aliphatic heterocycles. The molecule has 8 rings (SSSR count). The molecular formula is C35H32O. The van der Waals surface area contributed by atoms with Crippen molar-refractivity contribution in [1.29, 1.82) is 0 Å². The van der Waals surface area contributed by atoms with Crippen molar-refractivity contribution in [3.63, 3.8) is 0 Å². The van der Waals surface area contributed by atoms with E-state index < -0.39 is 0 Å². The smallest absolute Gasteiger partial charge is 0.169 e. The van der Waals surface area contributed by atoms with Crippen LogP contribution < -0.4 is 0 Å². The van der Waals surface area contributed by atoms with Crippen LogP contribution in [-0.2, 0) is 16.2 Å². The molecule has 4 bridgehead atoms. The summed E-state index contributed by atoms with van der Waals surface area (Å²) in [6.07, 6.45) is 6.19. The highest BCUT2D eigenvalue weighted by molar-refractivity contribution is 6.01. The molecule has 0 radical (unpaired) electrons.